The number of hydrogen-bond acceptors (Lipinski definition) is 2. The minimum atomic E-state index is -0.0424. The summed E-state index contributed by atoms with van der Waals surface area (Å²) in [5, 5.41) is 0.693. The molecule has 3 N–H and O–H groups in total. The Morgan fingerprint density at radius 1 is 1.11 bits per heavy atom. The Kier molecular flexibility index (Phi) is 4.40. The van der Waals surface area contributed by atoms with Crippen molar-refractivity contribution in [1.82, 2.24) is 5.43 Å². The summed E-state index contributed by atoms with van der Waals surface area (Å²) in [6, 6.07) is 14.1. The van der Waals surface area contributed by atoms with Gasteiger partial charge in [0, 0.05) is 4.47 Å². The Morgan fingerprint density at radius 2 is 1.72 bits per heavy atom. The number of hydrazine groups is 1. The quantitative estimate of drug-likeness (QED) is 0.662. The van der Waals surface area contributed by atoms with Crippen LogP contribution in [-0.2, 0) is 0 Å². The second kappa shape index (κ2) is 5.85. The molecule has 0 spiro atoms. The molecule has 0 aliphatic heterocycles. The van der Waals surface area contributed by atoms with Crippen molar-refractivity contribution >= 4 is 27.5 Å². The number of benzene rings is 2. The first kappa shape index (κ1) is 13.6. The van der Waals surface area contributed by atoms with E-state index in [9.17, 15) is 0 Å². The van der Waals surface area contributed by atoms with Crippen LogP contribution < -0.4 is 11.3 Å². The van der Waals surface area contributed by atoms with Gasteiger partial charge in [-0.3, -0.25) is 5.84 Å². The molecule has 1 atom stereocenters. The van der Waals surface area contributed by atoms with Gasteiger partial charge in [-0.15, -0.1) is 0 Å². The van der Waals surface area contributed by atoms with Gasteiger partial charge in [-0.2, -0.15) is 0 Å². The highest BCUT2D eigenvalue weighted by Crippen LogP contribution is 2.28. The molecule has 0 bridgehead atoms. The fourth-order valence-corrected chi connectivity index (χ4v) is 2.35. The molecule has 2 aromatic carbocycles. The van der Waals surface area contributed by atoms with Crippen LogP contribution in [0.15, 0.2) is 46.9 Å². The first-order valence-electron chi connectivity index (χ1n) is 5.59. The van der Waals surface area contributed by atoms with Crippen molar-refractivity contribution in [2.24, 2.45) is 5.84 Å². The molecule has 0 aliphatic rings. The Bertz CT molecular complexity index is 540. The van der Waals surface area contributed by atoms with Crippen molar-refractivity contribution in [3.63, 3.8) is 0 Å². The second-order valence-electron chi connectivity index (χ2n) is 4.18. The van der Waals surface area contributed by atoms with Crippen molar-refractivity contribution in [2.75, 3.05) is 0 Å². The van der Waals surface area contributed by atoms with Crippen LogP contribution in [-0.4, -0.2) is 0 Å². The lowest BCUT2D eigenvalue weighted by atomic mass is 9.98. The molecule has 0 amide bonds. The summed E-state index contributed by atoms with van der Waals surface area (Å²) in [4.78, 5) is 0. The monoisotopic (exact) mass is 324 g/mol. The van der Waals surface area contributed by atoms with Crippen molar-refractivity contribution in [3.8, 4) is 0 Å². The van der Waals surface area contributed by atoms with E-state index in [1.165, 1.54) is 5.56 Å². The molecule has 2 nitrogen and oxygen atoms in total. The van der Waals surface area contributed by atoms with Gasteiger partial charge in [0.05, 0.1) is 11.1 Å². The van der Waals surface area contributed by atoms with Crippen LogP contribution in [0.5, 0.6) is 0 Å². The van der Waals surface area contributed by atoms with Gasteiger partial charge in [0.2, 0.25) is 0 Å². The molecule has 1 unspecified atom stereocenters. The Balaban J connectivity index is 2.38. The van der Waals surface area contributed by atoms with E-state index in [4.69, 9.17) is 17.4 Å². The molecule has 0 fully saturated rings. The Hall–Kier alpha value is -0.870. The van der Waals surface area contributed by atoms with Crippen molar-refractivity contribution in [1.29, 1.82) is 0 Å². The lowest BCUT2D eigenvalue weighted by Gasteiger charge is -2.17. The molecule has 4 heteroatoms. The highest BCUT2D eigenvalue weighted by molar-refractivity contribution is 9.10. The van der Waals surface area contributed by atoms with Gasteiger partial charge in [0.15, 0.2) is 0 Å². The summed E-state index contributed by atoms with van der Waals surface area (Å²) in [7, 11) is 0. The minimum Gasteiger partial charge on any atom is -0.271 e. The zero-order valence-corrected chi connectivity index (χ0v) is 12.3. The number of halogens is 2. The maximum atomic E-state index is 6.00. The van der Waals surface area contributed by atoms with Gasteiger partial charge < -0.3 is 0 Å². The summed E-state index contributed by atoms with van der Waals surface area (Å²) in [6.07, 6.45) is 0. The van der Waals surface area contributed by atoms with E-state index in [0.29, 0.717) is 5.02 Å². The van der Waals surface area contributed by atoms with Gasteiger partial charge in [-0.1, -0.05) is 47.5 Å². The summed E-state index contributed by atoms with van der Waals surface area (Å²) in [6.45, 7) is 2.06. The molecule has 0 aromatic heterocycles. The van der Waals surface area contributed by atoms with Crippen LogP contribution in [0.25, 0.3) is 0 Å². The lowest BCUT2D eigenvalue weighted by molar-refractivity contribution is 0.636. The average molecular weight is 326 g/mol. The average Bonchev–Trinajstić information content (AvgIpc) is 2.37. The van der Waals surface area contributed by atoms with Crippen molar-refractivity contribution < 1.29 is 0 Å². The third kappa shape index (κ3) is 2.93. The van der Waals surface area contributed by atoms with Gasteiger partial charge in [0.25, 0.3) is 0 Å². The number of hydrogen-bond donors (Lipinski definition) is 2. The van der Waals surface area contributed by atoms with E-state index >= 15 is 0 Å². The van der Waals surface area contributed by atoms with E-state index in [0.717, 1.165) is 15.6 Å². The van der Waals surface area contributed by atoms with Crippen LogP contribution in [0, 0.1) is 6.92 Å². The van der Waals surface area contributed by atoms with Crippen molar-refractivity contribution in [2.45, 2.75) is 13.0 Å². The summed E-state index contributed by atoms with van der Waals surface area (Å²) in [5.74, 6) is 5.66. The highest BCUT2D eigenvalue weighted by Gasteiger charge is 2.13. The van der Waals surface area contributed by atoms with Crippen LogP contribution in [0.4, 0.5) is 0 Å². The third-order valence-electron chi connectivity index (χ3n) is 2.85. The topological polar surface area (TPSA) is 38.0 Å². The molecule has 0 saturated carbocycles. The van der Waals surface area contributed by atoms with Crippen LogP contribution in [0.2, 0.25) is 5.02 Å². The molecule has 0 heterocycles. The van der Waals surface area contributed by atoms with Gasteiger partial charge in [0.1, 0.15) is 0 Å². The lowest BCUT2D eigenvalue weighted by Crippen LogP contribution is -2.28. The van der Waals surface area contributed by atoms with Gasteiger partial charge >= 0.3 is 0 Å². The minimum absolute atomic E-state index is 0.0424. The van der Waals surface area contributed by atoms with Gasteiger partial charge in [-0.25, -0.2) is 5.43 Å². The first-order chi connectivity index (χ1) is 8.61. The molecule has 0 saturated heterocycles. The Morgan fingerprint density at radius 3 is 2.28 bits per heavy atom. The maximum Gasteiger partial charge on any atom is 0.0710 e. The molecular formula is C14H14BrClN2. The standard InChI is InChI=1S/C14H14BrClN2/c1-9-2-4-10(5-3-9)14(18-17)11-6-7-13(16)12(15)8-11/h2-8,14,18H,17H2,1H3. The van der Waals surface area contributed by atoms with E-state index in [-0.39, 0.29) is 6.04 Å². The molecule has 2 aromatic rings. The van der Waals surface area contributed by atoms with Crippen LogP contribution >= 0.6 is 27.5 Å². The van der Waals surface area contributed by atoms with Crippen LogP contribution in [0.1, 0.15) is 22.7 Å². The zero-order valence-electron chi connectivity index (χ0n) is 9.95. The zero-order chi connectivity index (χ0) is 13.1. The molecule has 0 aliphatic carbocycles. The fraction of sp³-hybridized carbons (Fsp3) is 0.143. The predicted octanol–water partition coefficient (Wildman–Crippen LogP) is 3.96. The smallest absolute Gasteiger partial charge is 0.0710 e. The van der Waals surface area contributed by atoms with Crippen LogP contribution in [0.3, 0.4) is 0 Å². The second-order valence-corrected chi connectivity index (χ2v) is 5.45. The van der Waals surface area contributed by atoms with E-state index < -0.39 is 0 Å². The van der Waals surface area contributed by atoms with Crippen molar-refractivity contribution in [3.05, 3.63) is 68.7 Å². The Labute approximate surface area is 120 Å². The first-order valence-corrected chi connectivity index (χ1v) is 6.76. The normalized spacial score (nSPS) is 12.4. The number of aryl methyl sites for hydroxylation is 1. The summed E-state index contributed by atoms with van der Waals surface area (Å²) < 4.78 is 0.869. The fourth-order valence-electron chi connectivity index (χ4n) is 1.84. The highest BCUT2D eigenvalue weighted by atomic mass is 79.9. The number of rotatable bonds is 3. The van der Waals surface area contributed by atoms with E-state index in [1.54, 1.807) is 0 Å². The third-order valence-corrected chi connectivity index (χ3v) is 4.07. The summed E-state index contributed by atoms with van der Waals surface area (Å²) in [5.41, 5.74) is 6.26. The maximum absolute atomic E-state index is 6.00. The molecular weight excluding hydrogens is 312 g/mol. The molecule has 2 rings (SSSR count). The van der Waals surface area contributed by atoms with Gasteiger partial charge in [-0.05, 0) is 46.1 Å². The SMILES string of the molecule is Cc1ccc(C(NN)c2ccc(Cl)c(Br)c2)cc1. The molecule has 94 valence electrons. The molecule has 0 radical (unpaired) electrons. The van der Waals surface area contributed by atoms with E-state index in [1.807, 2.05) is 18.2 Å². The number of nitrogens with one attached hydrogen (secondary N) is 1. The largest absolute Gasteiger partial charge is 0.271 e. The molecule has 18 heavy (non-hydrogen) atoms. The van der Waals surface area contributed by atoms with E-state index in [2.05, 4.69) is 52.5 Å². The summed E-state index contributed by atoms with van der Waals surface area (Å²) >= 11 is 9.42. The predicted molar refractivity (Wildman–Crippen MR) is 79.5 cm³/mol. The number of nitrogens with two attached hydrogens (primary N) is 1.